The number of nitrogens with one attached hydrogen (secondary N) is 1. The van der Waals surface area contributed by atoms with Gasteiger partial charge in [0.25, 0.3) is 0 Å². The molecule has 1 amide bonds. The van der Waals surface area contributed by atoms with Gasteiger partial charge in [-0.3, -0.25) is 9.59 Å². The van der Waals surface area contributed by atoms with Crippen LogP contribution in [0.15, 0.2) is 23.1 Å². The molecule has 0 fully saturated rings. The summed E-state index contributed by atoms with van der Waals surface area (Å²) in [5, 5.41) is 16.1. The number of benzene rings is 1. The number of aliphatic carboxylic acids is 1. The largest absolute Gasteiger partial charge is 0.481 e. The van der Waals surface area contributed by atoms with E-state index in [9.17, 15) is 18.0 Å². The zero-order valence-corrected chi connectivity index (χ0v) is 11.7. The molecule has 0 heterocycles. The molecule has 0 saturated carbocycles. The molecule has 0 aromatic heterocycles. The summed E-state index contributed by atoms with van der Waals surface area (Å²) in [5.74, 6) is -1.34. The number of hydrogen-bond acceptors (Lipinski definition) is 4. The van der Waals surface area contributed by atoms with Gasteiger partial charge in [0.2, 0.25) is 15.9 Å². The van der Waals surface area contributed by atoms with E-state index in [2.05, 4.69) is 5.32 Å². The van der Waals surface area contributed by atoms with Crippen molar-refractivity contribution < 1.29 is 23.1 Å². The number of nitrogens with two attached hydrogens (primary N) is 1. The third-order valence-electron chi connectivity index (χ3n) is 2.66. The van der Waals surface area contributed by atoms with Gasteiger partial charge in [-0.05, 0) is 31.0 Å². The van der Waals surface area contributed by atoms with E-state index in [0.29, 0.717) is 11.3 Å². The predicted octanol–water partition coefficient (Wildman–Crippen LogP) is 0.836. The highest BCUT2D eigenvalue weighted by molar-refractivity contribution is 7.89. The topological polar surface area (TPSA) is 127 Å². The normalized spacial score (nSPS) is 11.1. The maximum atomic E-state index is 11.6. The summed E-state index contributed by atoms with van der Waals surface area (Å²) >= 11 is 0. The number of carbonyl (C=O) groups excluding carboxylic acids is 1. The molecular formula is C12H16N2O5S. The lowest BCUT2D eigenvalue weighted by Gasteiger charge is -2.11. The second-order valence-electron chi connectivity index (χ2n) is 4.27. The smallest absolute Gasteiger partial charge is 0.303 e. The van der Waals surface area contributed by atoms with Crippen LogP contribution in [0.1, 0.15) is 24.8 Å². The minimum Gasteiger partial charge on any atom is -0.481 e. The predicted molar refractivity (Wildman–Crippen MR) is 72.7 cm³/mol. The lowest BCUT2D eigenvalue weighted by molar-refractivity contribution is -0.137. The summed E-state index contributed by atoms with van der Waals surface area (Å²) in [4.78, 5) is 21.9. The number of carboxylic acid groups (broad SMARTS) is 1. The molecule has 0 radical (unpaired) electrons. The third-order valence-corrected chi connectivity index (χ3v) is 3.71. The van der Waals surface area contributed by atoms with Crippen molar-refractivity contribution in [2.75, 3.05) is 5.32 Å². The van der Waals surface area contributed by atoms with Gasteiger partial charge < -0.3 is 10.4 Å². The molecule has 0 aliphatic heterocycles. The van der Waals surface area contributed by atoms with Gasteiger partial charge in [-0.25, -0.2) is 13.6 Å². The van der Waals surface area contributed by atoms with Crippen molar-refractivity contribution in [2.24, 2.45) is 5.14 Å². The maximum Gasteiger partial charge on any atom is 0.303 e. The zero-order valence-electron chi connectivity index (χ0n) is 10.9. The van der Waals surface area contributed by atoms with Crippen LogP contribution in [0.2, 0.25) is 0 Å². The minimum absolute atomic E-state index is 0.0470. The quantitative estimate of drug-likeness (QED) is 0.717. The van der Waals surface area contributed by atoms with Crippen LogP contribution in [0.3, 0.4) is 0 Å². The van der Waals surface area contributed by atoms with Crippen LogP contribution in [0.4, 0.5) is 5.69 Å². The average Bonchev–Trinajstić information content (AvgIpc) is 2.29. The Hall–Kier alpha value is -1.93. The van der Waals surface area contributed by atoms with E-state index in [1.54, 1.807) is 6.07 Å². The summed E-state index contributed by atoms with van der Waals surface area (Å²) in [5.41, 5.74) is 0.693. The second kappa shape index (κ2) is 6.49. The Balaban J connectivity index is 2.79. The Kier molecular flexibility index (Phi) is 5.23. The Morgan fingerprint density at radius 3 is 2.50 bits per heavy atom. The molecule has 0 spiro atoms. The lowest BCUT2D eigenvalue weighted by atomic mass is 10.2. The maximum absolute atomic E-state index is 11.6. The molecule has 7 nitrogen and oxygen atoms in total. The third kappa shape index (κ3) is 4.63. The van der Waals surface area contributed by atoms with Crippen LogP contribution in [0.5, 0.6) is 0 Å². The number of hydrogen-bond donors (Lipinski definition) is 3. The van der Waals surface area contributed by atoms with Crippen molar-refractivity contribution in [2.45, 2.75) is 31.1 Å². The van der Waals surface area contributed by atoms with Crippen molar-refractivity contribution in [1.82, 2.24) is 0 Å². The summed E-state index contributed by atoms with van der Waals surface area (Å²) in [6, 6.07) is 4.38. The van der Waals surface area contributed by atoms with Crippen LogP contribution in [-0.4, -0.2) is 25.4 Å². The Bertz CT molecular complexity index is 625. The first-order chi connectivity index (χ1) is 9.21. The fourth-order valence-electron chi connectivity index (χ4n) is 1.67. The van der Waals surface area contributed by atoms with Gasteiger partial charge in [0.05, 0.1) is 4.90 Å². The van der Waals surface area contributed by atoms with Gasteiger partial charge in [-0.2, -0.15) is 0 Å². The molecular weight excluding hydrogens is 284 g/mol. The number of carboxylic acids is 1. The number of primary sulfonamides is 1. The summed E-state index contributed by atoms with van der Waals surface area (Å²) < 4.78 is 22.7. The van der Waals surface area contributed by atoms with Crippen LogP contribution in [0, 0.1) is 6.92 Å². The molecule has 0 atom stereocenters. The number of sulfonamides is 1. The number of amides is 1. The number of carbonyl (C=O) groups is 2. The molecule has 1 rings (SSSR count). The van der Waals surface area contributed by atoms with E-state index >= 15 is 0 Å². The van der Waals surface area contributed by atoms with Crippen molar-refractivity contribution in [3.8, 4) is 0 Å². The van der Waals surface area contributed by atoms with E-state index in [0.717, 1.165) is 0 Å². The highest BCUT2D eigenvalue weighted by atomic mass is 32.2. The van der Waals surface area contributed by atoms with Gasteiger partial charge in [-0.15, -0.1) is 0 Å². The average molecular weight is 300 g/mol. The molecule has 0 bridgehead atoms. The van der Waals surface area contributed by atoms with E-state index in [-0.39, 0.29) is 30.1 Å². The van der Waals surface area contributed by atoms with Gasteiger partial charge in [-0.1, -0.05) is 6.07 Å². The molecule has 4 N–H and O–H groups in total. The first-order valence-electron chi connectivity index (χ1n) is 5.86. The standard InChI is InChI=1S/C12H16N2O5S/c1-8-9(4-2-5-10(8)20(13,18)19)14-11(15)6-3-7-12(16)17/h2,4-5H,3,6-7H2,1H3,(H,14,15)(H,16,17)(H2,13,18,19). The molecule has 0 unspecified atom stereocenters. The first-order valence-corrected chi connectivity index (χ1v) is 7.40. The van der Waals surface area contributed by atoms with E-state index in [4.69, 9.17) is 10.2 Å². The van der Waals surface area contributed by atoms with Gasteiger partial charge >= 0.3 is 5.97 Å². The molecule has 0 aliphatic rings. The van der Waals surface area contributed by atoms with Gasteiger partial charge in [0.1, 0.15) is 0 Å². The highest BCUT2D eigenvalue weighted by Crippen LogP contribution is 2.22. The lowest BCUT2D eigenvalue weighted by Crippen LogP contribution is -2.17. The zero-order chi connectivity index (χ0) is 15.3. The van der Waals surface area contributed by atoms with Gasteiger partial charge in [0.15, 0.2) is 0 Å². The van der Waals surface area contributed by atoms with Crippen LogP contribution < -0.4 is 10.5 Å². The fraction of sp³-hybridized carbons (Fsp3) is 0.333. The first kappa shape index (κ1) is 16.1. The van der Waals surface area contributed by atoms with E-state index in [1.807, 2.05) is 0 Å². The molecule has 0 aliphatic carbocycles. The number of rotatable bonds is 6. The Morgan fingerprint density at radius 1 is 1.30 bits per heavy atom. The highest BCUT2D eigenvalue weighted by Gasteiger charge is 2.15. The van der Waals surface area contributed by atoms with E-state index < -0.39 is 16.0 Å². The number of anilines is 1. The molecule has 8 heteroatoms. The van der Waals surface area contributed by atoms with Crippen LogP contribution in [-0.2, 0) is 19.6 Å². The molecule has 1 aromatic rings. The van der Waals surface area contributed by atoms with Crippen LogP contribution >= 0.6 is 0 Å². The van der Waals surface area contributed by atoms with Crippen molar-refractivity contribution in [1.29, 1.82) is 0 Å². The Labute approximate surface area is 116 Å². The molecule has 1 aromatic carbocycles. The second-order valence-corrected chi connectivity index (χ2v) is 5.80. The van der Waals surface area contributed by atoms with Crippen molar-refractivity contribution >= 4 is 27.6 Å². The van der Waals surface area contributed by atoms with Crippen molar-refractivity contribution in [3.63, 3.8) is 0 Å². The van der Waals surface area contributed by atoms with Crippen molar-refractivity contribution in [3.05, 3.63) is 23.8 Å². The SMILES string of the molecule is Cc1c(NC(=O)CCCC(=O)O)cccc1S(N)(=O)=O. The summed E-state index contributed by atoms with van der Waals surface area (Å²) in [6.07, 6.45) is 0.171. The van der Waals surface area contributed by atoms with E-state index in [1.165, 1.54) is 19.1 Å². The molecule has 20 heavy (non-hydrogen) atoms. The van der Waals surface area contributed by atoms with Crippen LogP contribution in [0.25, 0.3) is 0 Å². The monoisotopic (exact) mass is 300 g/mol. The summed E-state index contributed by atoms with van der Waals surface area (Å²) in [7, 11) is -3.85. The fourth-order valence-corrected chi connectivity index (χ4v) is 2.48. The Morgan fingerprint density at radius 2 is 1.95 bits per heavy atom. The minimum atomic E-state index is -3.85. The van der Waals surface area contributed by atoms with Gasteiger partial charge in [0, 0.05) is 18.5 Å². The summed E-state index contributed by atoms with van der Waals surface area (Å²) in [6.45, 7) is 1.53. The molecule has 0 saturated heterocycles. The molecule has 110 valence electrons.